The average Bonchev–Trinajstić information content (AvgIpc) is 2.68. The summed E-state index contributed by atoms with van der Waals surface area (Å²) in [4.78, 5) is 24.2. The van der Waals surface area contributed by atoms with E-state index in [0.29, 0.717) is 17.7 Å². The third-order valence-corrected chi connectivity index (χ3v) is 3.74. The summed E-state index contributed by atoms with van der Waals surface area (Å²) in [6.07, 6.45) is 2.39. The van der Waals surface area contributed by atoms with E-state index >= 15 is 0 Å². The Labute approximate surface area is 145 Å². The van der Waals surface area contributed by atoms with Crippen molar-refractivity contribution in [1.29, 1.82) is 0 Å². The number of esters is 2. The zero-order valence-electron chi connectivity index (χ0n) is 13.5. The van der Waals surface area contributed by atoms with Crippen LogP contribution in [0.1, 0.15) is 20.7 Å². The Balaban J connectivity index is 1.59. The number of benzene rings is 2. The molecule has 1 aliphatic heterocycles. The van der Waals surface area contributed by atoms with Crippen molar-refractivity contribution < 1.29 is 23.8 Å². The molecule has 0 unspecified atom stereocenters. The minimum atomic E-state index is -0.606. The summed E-state index contributed by atoms with van der Waals surface area (Å²) in [6, 6.07) is 17.4. The van der Waals surface area contributed by atoms with Crippen LogP contribution in [0.15, 0.2) is 72.8 Å². The quantitative estimate of drug-likeness (QED) is 0.619. The Morgan fingerprint density at radius 3 is 2.16 bits per heavy atom. The minimum Gasteiger partial charge on any atom is -0.459 e. The average molecular weight is 338 g/mol. The van der Waals surface area contributed by atoms with Gasteiger partial charge in [-0.3, -0.25) is 0 Å². The number of rotatable bonds is 5. The van der Waals surface area contributed by atoms with E-state index in [1.807, 2.05) is 12.1 Å². The standard InChI is InChI=1S/C20H18O5/c21-19(15-8-3-1-4-9-15)24-14-18-17(12-7-13-23-18)25-20(22)16-10-5-2-6-11-16/h1-12,17-18H,13-14H2/t17-,18-/m1/s1. The molecular weight excluding hydrogens is 320 g/mol. The number of carbonyl (C=O) groups is 2. The van der Waals surface area contributed by atoms with Crippen LogP contribution in [0.2, 0.25) is 0 Å². The van der Waals surface area contributed by atoms with Crippen molar-refractivity contribution in [2.24, 2.45) is 0 Å². The third-order valence-electron chi connectivity index (χ3n) is 3.74. The smallest absolute Gasteiger partial charge is 0.338 e. The van der Waals surface area contributed by atoms with E-state index in [0.717, 1.165) is 0 Å². The van der Waals surface area contributed by atoms with Crippen LogP contribution in [0, 0.1) is 0 Å². The van der Waals surface area contributed by atoms with Gasteiger partial charge in [0, 0.05) is 0 Å². The molecule has 0 aliphatic carbocycles. The zero-order chi connectivity index (χ0) is 17.5. The van der Waals surface area contributed by atoms with Crippen LogP contribution in [0.4, 0.5) is 0 Å². The minimum absolute atomic E-state index is 0.00477. The van der Waals surface area contributed by atoms with Crippen LogP contribution < -0.4 is 0 Å². The Bertz CT molecular complexity index is 739. The van der Waals surface area contributed by atoms with Crippen LogP contribution in [0.25, 0.3) is 0 Å². The van der Waals surface area contributed by atoms with E-state index < -0.39 is 24.1 Å². The maximum absolute atomic E-state index is 12.2. The fourth-order valence-corrected chi connectivity index (χ4v) is 2.43. The topological polar surface area (TPSA) is 61.8 Å². The SMILES string of the molecule is O=C(OC[C@H]1OCC=C[C@H]1OC(=O)c1ccccc1)c1ccccc1. The first-order valence-electron chi connectivity index (χ1n) is 8.00. The van der Waals surface area contributed by atoms with Crippen LogP contribution in [0.3, 0.4) is 0 Å². The molecule has 25 heavy (non-hydrogen) atoms. The first-order valence-corrected chi connectivity index (χ1v) is 8.00. The number of hydrogen-bond acceptors (Lipinski definition) is 5. The van der Waals surface area contributed by atoms with E-state index in [9.17, 15) is 9.59 Å². The zero-order valence-corrected chi connectivity index (χ0v) is 13.5. The molecule has 5 nitrogen and oxygen atoms in total. The molecule has 0 spiro atoms. The van der Waals surface area contributed by atoms with Crippen LogP contribution in [0.5, 0.6) is 0 Å². The van der Waals surface area contributed by atoms with E-state index in [1.54, 1.807) is 60.7 Å². The first-order chi connectivity index (χ1) is 12.2. The van der Waals surface area contributed by atoms with Gasteiger partial charge in [-0.05, 0) is 30.3 Å². The maximum Gasteiger partial charge on any atom is 0.338 e. The molecule has 1 aliphatic rings. The molecule has 0 bridgehead atoms. The number of carbonyl (C=O) groups excluding carboxylic acids is 2. The number of hydrogen-bond donors (Lipinski definition) is 0. The van der Waals surface area contributed by atoms with Gasteiger partial charge < -0.3 is 14.2 Å². The molecule has 3 rings (SSSR count). The van der Waals surface area contributed by atoms with Gasteiger partial charge in [-0.1, -0.05) is 42.5 Å². The van der Waals surface area contributed by atoms with Crippen molar-refractivity contribution in [2.75, 3.05) is 13.2 Å². The van der Waals surface area contributed by atoms with Gasteiger partial charge in [-0.25, -0.2) is 9.59 Å². The molecule has 0 saturated carbocycles. The van der Waals surface area contributed by atoms with Crippen LogP contribution >= 0.6 is 0 Å². The molecule has 2 aromatic rings. The fraction of sp³-hybridized carbons (Fsp3) is 0.200. The number of ether oxygens (including phenoxy) is 3. The lowest BCUT2D eigenvalue weighted by Gasteiger charge is -2.27. The summed E-state index contributed by atoms with van der Waals surface area (Å²) in [5.41, 5.74) is 0.924. The van der Waals surface area contributed by atoms with Crippen molar-refractivity contribution in [2.45, 2.75) is 12.2 Å². The molecule has 2 aromatic carbocycles. The predicted octanol–water partition coefficient (Wildman–Crippen LogP) is 3.02. The summed E-state index contributed by atoms with van der Waals surface area (Å²) in [5.74, 6) is -0.882. The van der Waals surface area contributed by atoms with Gasteiger partial charge in [0.25, 0.3) is 0 Å². The van der Waals surface area contributed by atoms with Gasteiger partial charge >= 0.3 is 11.9 Å². The van der Waals surface area contributed by atoms with E-state index in [2.05, 4.69) is 0 Å². The lowest BCUT2D eigenvalue weighted by Crippen LogP contribution is -2.38. The highest BCUT2D eigenvalue weighted by Gasteiger charge is 2.28. The lowest BCUT2D eigenvalue weighted by atomic mass is 10.1. The lowest BCUT2D eigenvalue weighted by molar-refractivity contribution is -0.0619. The van der Waals surface area contributed by atoms with Crippen LogP contribution in [-0.2, 0) is 14.2 Å². The van der Waals surface area contributed by atoms with Crippen molar-refractivity contribution in [3.8, 4) is 0 Å². The molecule has 0 radical (unpaired) electrons. The second-order valence-electron chi connectivity index (χ2n) is 5.50. The normalized spacial score (nSPS) is 19.2. The molecule has 2 atom stereocenters. The highest BCUT2D eigenvalue weighted by molar-refractivity contribution is 5.90. The van der Waals surface area contributed by atoms with Gasteiger partial charge in [0.1, 0.15) is 18.8 Å². The highest BCUT2D eigenvalue weighted by atomic mass is 16.6. The van der Waals surface area contributed by atoms with E-state index in [-0.39, 0.29) is 6.61 Å². The Kier molecular flexibility index (Phi) is 5.59. The third kappa shape index (κ3) is 4.55. The monoisotopic (exact) mass is 338 g/mol. The molecule has 128 valence electrons. The second kappa shape index (κ2) is 8.26. The van der Waals surface area contributed by atoms with Gasteiger partial charge in [-0.2, -0.15) is 0 Å². The van der Waals surface area contributed by atoms with Crippen molar-refractivity contribution in [3.63, 3.8) is 0 Å². The molecule has 0 amide bonds. The second-order valence-corrected chi connectivity index (χ2v) is 5.50. The maximum atomic E-state index is 12.2. The van der Waals surface area contributed by atoms with Gasteiger partial charge in [0.2, 0.25) is 0 Å². The molecule has 0 aromatic heterocycles. The summed E-state index contributed by atoms with van der Waals surface area (Å²) in [6.45, 7) is 0.387. The summed E-state index contributed by atoms with van der Waals surface area (Å²) in [5, 5.41) is 0. The largest absolute Gasteiger partial charge is 0.459 e. The summed E-state index contributed by atoms with van der Waals surface area (Å²) >= 11 is 0. The predicted molar refractivity (Wildman–Crippen MR) is 91.3 cm³/mol. The molecule has 1 heterocycles. The van der Waals surface area contributed by atoms with Gasteiger partial charge in [-0.15, -0.1) is 0 Å². The molecule has 0 fully saturated rings. The van der Waals surface area contributed by atoms with Gasteiger partial charge in [0.05, 0.1) is 17.7 Å². The Morgan fingerprint density at radius 2 is 1.52 bits per heavy atom. The van der Waals surface area contributed by atoms with Crippen molar-refractivity contribution in [1.82, 2.24) is 0 Å². The molecule has 0 N–H and O–H groups in total. The summed E-state index contributed by atoms with van der Waals surface area (Å²) in [7, 11) is 0. The van der Waals surface area contributed by atoms with E-state index in [1.165, 1.54) is 0 Å². The highest BCUT2D eigenvalue weighted by Crippen LogP contribution is 2.15. The Morgan fingerprint density at radius 1 is 0.920 bits per heavy atom. The van der Waals surface area contributed by atoms with Crippen molar-refractivity contribution >= 4 is 11.9 Å². The molecule has 5 heteroatoms. The van der Waals surface area contributed by atoms with Gasteiger partial charge in [0.15, 0.2) is 0 Å². The summed E-state index contributed by atoms with van der Waals surface area (Å²) < 4.78 is 16.4. The first kappa shape index (κ1) is 16.9. The van der Waals surface area contributed by atoms with Crippen LogP contribution in [-0.4, -0.2) is 37.4 Å². The van der Waals surface area contributed by atoms with Crippen molar-refractivity contribution in [3.05, 3.63) is 83.9 Å². The molecular formula is C20H18O5. The molecule has 0 saturated heterocycles. The van der Waals surface area contributed by atoms with E-state index in [4.69, 9.17) is 14.2 Å². The fourth-order valence-electron chi connectivity index (χ4n) is 2.43. The Hall–Kier alpha value is -2.92.